The molecular weight excluding hydrogens is 228 g/mol. The molecule has 2 rings (SSSR count). The number of ether oxygens (including phenoxy) is 1. The van der Waals surface area contributed by atoms with Crippen molar-refractivity contribution >= 4 is 12.3 Å². The van der Waals surface area contributed by atoms with Crippen LogP contribution in [0.1, 0.15) is 20.7 Å². The second kappa shape index (κ2) is 5.27. The molecule has 0 bridgehead atoms. The Bertz CT molecular complexity index is 571. The van der Waals surface area contributed by atoms with E-state index in [9.17, 15) is 9.59 Å². The number of hydrogen-bond acceptors (Lipinski definition) is 3. The van der Waals surface area contributed by atoms with Crippen LogP contribution in [0, 0.1) is 0 Å². The molecule has 0 atom stereocenters. The van der Waals surface area contributed by atoms with Crippen molar-refractivity contribution in [2.24, 2.45) is 0 Å². The van der Waals surface area contributed by atoms with Gasteiger partial charge in [0.1, 0.15) is 6.29 Å². The van der Waals surface area contributed by atoms with Crippen molar-refractivity contribution in [2.75, 3.05) is 7.11 Å². The summed E-state index contributed by atoms with van der Waals surface area (Å²) in [6.07, 6.45) is 0.800. The molecule has 0 N–H and O–H groups in total. The van der Waals surface area contributed by atoms with Crippen LogP contribution in [0.3, 0.4) is 0 Å². The van der Waals surface area contributed by atoms with Crippen molar-refractivity contribution in [3.63, 3.8) is 0 Å². The van der Waals surface area contributed by atoms with Gasteiger partial charge in [0.2, 0.25) is 0 Å². The maximum Gasteiger partial charge on any atom is 0.337 e. The Labute approximate surface area is 105 Å². The van der Waals surface area contributed by atoms with Crippen LogP contribution in [-0.2, 0) is 4.74 Å². The highest BCUT2D eigenvalue weighted by molar-refractivity contribution is 5.91. The van der Waals surface area contributed by atoms with E-state index in [0.29, 0.717) is 11.1 Å². The Morgan fingerprint density at radius 1 is 1.06 bits per heavy atom. The topological polar surface area (TPSA) is 43.4 Å². The molecule has 0 heterocycles. The van der Waals surface area contributed by atoms with Gasteiger partial charge in [-0.2, -0.15) is 0 Å². The number of methoxy groups -OCH3 is 1. The summed E-state index contributed by atoms with van der Waals surface area (Å²) in [5, 5.41) is 0. The molecule has 0 aromatic heterocycles. The van der Waals surface area contributed by atoms with Crippen molar-refractivity contribution < 1.29 is 14.3 Å². The van der Waals surface area contributed by atoms with Crippen LogP contribution in [0.25, 0.3) is 11.1 Å². The first-order valence-corrected chi connectivity index (χ1v) is 5.48. The Balaban J connectivity index is 2.37. The normalized spacial score (nSPS) is 9.83. The van der Waals surface area contributed by atoms with Crippen molar-refractivity contribution in [1.29, 1.82) is 0 Å². The minimum Gasteiger partial charge on any atom is -0.465 e. The summed E-state index contributed by atoms with van der Waals surface area (Å²) in [5.74, 6) is -0.360. The van der Waals surface area contributed by atoms with Crippen molar-refractivity contribution in [1.82, 2.24) is 0 Å². The fourth-order valence-electron chi connectivity index (χ4n) is 1.70. The average molecular weight is 240 g/mol. The maximum atomic E-state index is 11.4. The zero-order valence-corrected chi connectivity index (χ0v) is 9.92. The Morgan fingerprint density at radius 2 is 1.78 bits per heavy atom. The highest BCUT2D eigenvalue weighted by Gasteiger charge is 2.06. The van der Waals surface area contributed by atoms with E-state index in [1.807, 2.05) is 18.2 Å². The van der Waals surface area contributed by atoms with Crippen LogP contribution in [0.15, 0.2) is 48.5 Å². The lowest BCUT2D eigenvalue weighted by Gasteiger charge is -2.04. The molecule has 0 unspecified atom stereocenters. The highest BCUT2D eigenvalue weighted by Crippen LogP contribution is 2.21. The van der Waals surface area contributed by atoms with E-state index in [-0.39, 0.29) is 5.97 Å². The van der Waals surface area contributed by atoms with E-state index in [0.717, 1.165) is 17.4 Å². The molecule has 2 aromatic carbocycles. The van der Waals surface area contributed by atoms with Gasteiger partial charge in [-0.3, -0.25) is 4.79 Å². The molecule has 0 radical (unpaired) electrons. The number of hydrogen-bond donors (Lipinski definition) is 0. The third-order valence-corrected chi connectivity index (χ3v) is 2.66. The second-order valence-electron chi connectivity index (χ2n) is 3.81. The number of aldehydes is 1. The van der Waals surface area contributed by atoms with Crippen LogP contribution < -0.4 is 0 Å². The summed E-state index contributed by atoms with van der Waals surface area (Å²) in [6.45, 7) is 0. The summed E-state index contributed by atoms with van der Waals surface area (Å²) in [7, 11) is 1.36. The molecule has 0 aliphatic rings. The van der Waals surface area contributed by atoms with Gasteiger partial charge in [-0.05, 0) is 23.3 Å². The number of benzene rings is 2. The second-order valence-corrected chi connectivity index (χ2v) is 3.81. The van der Waals surface area contributed by atoms with Gasteiger partial charge >= 0.3 is 5.97 Å². The fourth-order valence-corrected chi connectivity index (χ4v) is 1.70. The Morgan fingerprint density at radius 3 is 2.39 bits per heavy atom. The van der Waals surface area contributed by atoms with E-state index in [2.05, 4.69) is 4.74 Å². The highest BCUT2D eigenvalue weighted by atomic mass is 16.5. The third kappa shape index (κ3) is 2.46. The van der Waals surface area contributed by atoms with Gasteiger partial charge in [0.05, 0.1) is 12.7 Å². The molecule has 2 aromatic rings. The average Bonchev–Trinajstić information content (AvgIpc) is 2.46. The van der Waals surface area contributed by atoms with E-state index in [1.165, 1.54) is 7.11 Å². The monoisotopic (exact) mass is 240 g/mol. The molecule has 18 heavy (non-hydrogen) atoms. The van der Waals surface area contributed by atoms with E-state index >= 15 is 0 Å². The van der Waals surface area contributed by atoms with Crippen LogP contribution >= 0.6 is 0 Å². The molecule has 0 fully saturated rings. The zero-order valence-electron chi connectivity index (χ0n) is 9.92. The summed E-state index contributed by atoms with van der Waals surface area (Å²) in [5.41, 5.74) is 3.00. The standard InChI is InChI=1S/C15H12O3/c1-18-15(17)14-4-2-3-13(9-14)12-7-5-11(10-16)6-8-12/h2-10H,1H3. The first-order chi connectivity index (χ1) is 8.74. The summed E-state index contributed by atoms with van der Waals surface area (Å²) in [6, 6.07) is 14.4. The zero-order chi connectivity index (χ0) is 13.0. The van der Waals surface area contributed by atoms with Gasteiger partial charge < -0.3 is 4.74 Å². The number of carbonyl (C=O) groups is 2. The quantitative estimate of drug-likeness (QED) is 0.612. The SMILES string of the molecule is COC(=O)c1cccc(-c2ccc(C=O)cc2)c1. The molecular formula is C15H12O3. The first-order valence-electron chi connectivity index (χ1n) is 5.48. The Hall–Kier alpha value is -2.42. The predicted octanol–water partition coefficient (Wildman–Crippen LogP) is 2.95. The van der Waals surface area contributed by atoms with Crippen molar-refractivity contribution in [3.8, 4) is 11.1 Å². The smallest absolute Gasteiger partial charge is 0.337 e. The van der Waals surface area contributed by atoms with Crippen LogP contribution in [0.4, 0.5) is 0 Å². The third-order valence-electron chi connectivity index (χ3n) is 2.66. The van der Waals surface area contributed by atoms with Crippen LogP contribution in [-0.4, -0.2) is 19.4 Å². The first kappa shape index (κ1) is 12.0. The Kier molecular flexibility index (Phi) is 3.53. The largest absolute Gasteiger partial charge is 0.465 e. The summed E-state index contributed by atoms with van der Waals surface area (Å²) >= 11 is 0. The van der Waals surface area contributed by atoms with Crippen molar-refractivity contribution in [2.45, 2.75) is 0 Å². The molecule has 90 valence electrons. The lowest BCUT2D eigenvalue weighted by atomic mass is 10.0. The van der Waals surface area contributed by atoms with Gasteiger partial charge in [-0.15, -0.1) is 0 Å². The van der Waals surface area contributed by atoms with Crippen molar-refractivity contribution in [3.05, 3.63) is 59.7 Å². The maximum absolute atomic E-state index is 11.4. The molecule has 0 spiro atoms. The van der Waals surface area contributed by atoms with Gasteiger partial charge in [0.15, 0.2) is 0 Å². The minimum atomic E-state index is -0.360. The predicted molar refractivity (Wildman–Crippen MR) is 68.6 cm³/mol. The molecule has 0 saturated heterocycles. The van der Waals surface area contributed by atoms with Crippen LogP contribution in [0.5, 0.6) is 0 Å². The van der Waals surface area contributed by atoms with E-state index in [4.69, 9.17) is 0 Å². The molecule has 0 aliphatic heterocycles. The number of carbonyl (C=O) groups excluding carboxylic acids is 2. The lowest BCUT2D eigenvalue weighted by molar-refractivity contribution is 0.0600. The summed E-state index contributed by atoms with van der Waals surface area (Å²) < 4.78 is 4.68. The summed E-state index contributed by atoms with van der Waals surface area (Å²) in [4.78, 5) is 22.0. The van der Waals surface area contributed by atoms with E-state index in [1.54, 1.807) is 30.3 Å². The van der Waals surface area contributed by atoms with Crippen LogP contribution in [0.2, 0.25) is 0 Å². The van der Waals surface area contributed by atoms with Gasteiger partial charge in [-0.1, -0.05) is 36.4 Å². The molecule has 0 amide bonds. The lowest BCUT2D eigenvalue weighted by Crippen LogP contribution is -2.00. The molecule has 3 nitrogen and oxygen atoms in total. The van der Waals surface area contributed by atoms with Gasteiger partial charge in [-0.25, -0.2) is 4.79 Å². The van der Waals surface area contributed by atoms with Gasteiger partial charge in [0.25, 0.3) is 0 Å². The number of esters is 1. The van der Waals surface area contributed by atoms with E-state index < -0.39 is 0 Å². The minimum absolute atomic E-state index is 0.360. The number of rotatable bonds is 3. The molecule has 0 aliphatic carbocycles. The fraction of sp³-hybridized carbons (Fsp3) is 0.0667. The molecule has 0 saturated carbocycles. The van der Waals surface area contributed by atoms with Gasteiger partial charge in [0, 0.05) is 5.56 Å². The molecule has 3 heteroatoms.